The fraction of sp³-hybridized carbons (Fsp3) is 0.278. The van der Waals surface area contributed by atoms with Crippen molar-refractivity contribution in [1.29, 1.82) is 0 Å². The van der Waals surface area contributed by atoms with Gasteiger partial charge in [-0.15, -0.1) is 0 Å². The van der Waals surface area contributed by atoms with E-state index in [1.165, 1.54) is 0 Å². The molecule has 0 fully saturated rings. The monoisotopic (exact) mass is 339 g/mol. The van der Waals surface area contributed by atoms with Crippen molar-refractivity contribution >= 4 is 19.4 Å². The average molecular weight is 339 g/mol. The van der Waals surface area contributed by atoms with Crippen LogP contribution in [-0.2, 0) is 0 Å². The molecular weight excluding hydrogens is 318 g/mol. The Morgan fingerprint density at radius 2 is 1.42 bits per heavy atom. The smallest absolute Gasteiger partial charge is 0.496 e. The molecule has 0 aromatic heterocycles. The molecule has 2 rings (SSSR count). The Kier molecular flexibility index (Phi) is 7.83. The first-order valence-electron chi connectivity index (χ1n) is 7.19. The number of rotatable bonds is 6. The number of carbonyl (C=O) groups is 1. The zero-order valence-electron chi connectivity index (χ0n) is 15.0. The van der Waals surface area contributed by atoms with Crippen molar-refractivity contribution in [1.82, 2.24) is 0 Å². The van der Waals surface area contributed by atoms with Gasteiger partial charge in [-0.3, -0.25) is 4.79 Å². The van der Waals surface area contributed by atoms with Crippen LogP contribution in [-0.4, -0.2) is 26.9 Å². The summed E-state index contributed by atoms with van der Waals surface area (Å²) >= 11 is 0. The molecule has 0 heterocycles. The molecule has 2 aromatic carbocycles. The van der Waals surface area contributed by atoms with E-state index in [1.807, 2.05) is 32.0 Å². The second kappa shape index (κ2) is 9.13. The van der Waals surface area contributed by atoms with Crippen molar-refractivity contribution in [2.45, 2.75) is 13.8 Å². The van der Waals surface area contributed by atoms with Crippen LogP contribution in [0, 0.1) is 13.8 Å². The van der Waals surface area contributed by atoms with E-state index in [1.54, 1.807) is 33.5 Å². The van der Waals surface area contributed by atoms with Gasteiger partial charge in [0.25, 0.3) is 0 Å². The minimum absolute atomic E-state index is 0. The zero-order valence-corrected chi connectivity index (χ0v) is 16.0. The standard InChI is InChI=1S/C18H21O4P.Li/c1-11-7-6-8-12(2)16(11)18(19)23-17-14(21-4)9-13(20-3)10-15(17)22-5;/h6-10,23H,1-5H3;/q;+1. The summed E-state index contributed by atoms with van der Waals surface area (Å²) in [6, 6.07) is 9.39. The van der Waals surface area contributed by atoms with Gasteiger partial charge in [-0.25, -0.2) is 0 Å². The second-order valence-electron chi connectivity index (χ2n) is 5.13. The molecule has 0 radical (unpaired) electrons. The van der Waals surface area contributed by atoms with Crippen LogP contribution in [0.3, 0.4) is 0 Å². The third-order valence-corrected chi connectivity index (χ3v) is 4.88. The van der Waals surface area contributed by atoms with Gasteiger partial charge in [-0.05, 0) is 33.6 Å². The van der Waals surface area contributed by atoms with Gasteiger partial charge in [0.15, 0.2) is 5.52 Å². The van der Waals surface area contributed by atoms with Crippen molar-refractivity contribution < 1.29 is 37.9 Å². The number of ether oxygens (including phenoxy) is 3. The molecule has 0 N–H and O–H groups in total. The van der Waals surface area contributed by atoms with E-state index in [0.29, 0.717) is 17.2 Å². The average Bonchev–Trinajstić information content (AvgIpc) is 2.54. The summed E-state index contributed by atoms with van der Waals surface area (Å²) in [6.45, 7) is 3.90. The van der Waals surface area contributed by atoms with E-state index in [4.69, 9.17) is 14.2 Å². The first kappa shape index (κ1) is 20.6. The van der Waals surface area contributed by atoms with Gasteiger partial charge in [0, 0.05) is 17.7 Å². The van der Waals surface area contributed by atoms with Crippen molar-refractivity contribution in [3.8, 4) is 17.2 Å². The van der Waals surface area contributed by atoms with Crippen LogP contribution in [0.2, 0.25) is 0 Å². The van der Waals surface area contributed by atoms with E-state index in [0.717, 1.165) is 22.0 Å². The van der Waals surface area contributed by atoms with Gasteiger partial charge in [0.1, 0.15) is 17.2 Å². The van der Waals surface area contributed by atoms with Crippen molar-refractivity contribution in [3.05, 3.63) is 47.0 Å². The first-order valence-corrected chi connectivity index (χ1v) is 8.19. The molecule has 0 amide bonds. The fourth-order valence-electron chi connectivity index (χ4n) is 2.48. The second-order valence-corrected chi connectivity index (χ2v) is 6.33. The molecule has 6 heteroatoms. The Bertz CT molecular complexity index is 686. The van der Waals surface area contributed by atoms with Crippen LogP contribution in [0.25, 0.3) is 0 Å². The molecule has 0 bridgehead atoms. The van der Waals surface area contributed by atoms with E-state index < -0.39 is 0 Å². The molecule has 0 saturated carbocycles. The molecule has 2 aromatic rings. The Morgan fingerprint density at radius 3 is 1.83 bits per heavy atom. The molecule has 1 atom stereocenters. The Balaban J connectivity index is 0.00000288. The minimum Gasteiger partial charge on any atom is -0.496 e. The summed E-state index contributed by atoms with van der Waals surface area (Å²) in [4.78, 5) is 12.8. The van der Waals surface area contributed by atoms with Gasteiger partial charge in [-0.2, -0.15) is 0 Å². The number of aryl methyl sites for hydroxylation is 2. The van der Waals surface area contributed by atoms with E-state index in [2.05, 4.69) is 0 Å². The minimum atomic E-state index is -0.0869. The fourth-order valence-corrected chi connectivity index (χ4v) is 3.82. The van der Waals surface area contributed by atoms with Crippen LogP contribution >= 0.6 is 8.58 Å². The van der Waals surface area contributed by atoms with Crippen molar-refractivity contribution in [2.24, 2.45) is 0 Å². The predicted molar refractivity (Wildman–Crippen MR) is 94.3 cm³/mol. The van der Waals surface area contributed by atoms with Gasteiger partial charge in [0.2, 0.25) is 0 Å². The normalized spacial score (nSPS) is 10.4. The van der Waals surface area contributed by atoms with Crippen molar-refractivity contribution in [2.75, 3.05) is 21.3 Å². The Morgan fingerprint density at radius 1 is 0.917 bits per heavy atom. The van der Waals surface area contributed by atoms with Gasteiger partial charge in [-0.1, -0.05) is 18.2 Å². The zero-order chi connectivity index (χ0) is 17.0. The van der Waals surface area contributed by atoms with Crippen LogP contribution < -0.4 is 38.4 Å². The van der Waals surface area contributed by atoms with E-state index >= 15 is 0 Å². The molecule has 1 unspecified atom stereocenters. The van der Waals surface area contributed by atoms with Gasteiger partial charge < -0.3 is 14.2 Å². The van der Waals surface area contributed by atoms with E-state index in [-0.39, 0.29) is 33.0 Å². The number of carbonyl (C=O) groups excluding carboxylic acids is 1. The van der Waals surface area contributed by atoms with Crippen molar-refractivity contribution in [3.63, 3.8) is 0 Å². The number of hydrogen-bond acceptors (Lipinski definition) is 4. The molecule has 4 nitrogen and oxygen atoms in total. The summed E-state index contributed by atoms with van der Waals surface area (Å²) in [5, 5.41) is 0.753. The summed E-state index contributed by atoms with van der Waals surface area (Å²) in [7, 11) is 4.64. The maximum absolute atomic E-state index is 12.8. The van der Waals surface area contributed by atoms with Gasteiger partial charge in [0.05, 0.1) is 26.6 Å². The third kappa shape index (κ3) is 4.33. The summed E-state index contributed by atoms with van der Waals surface area (Å²) in [5.74, 6) is 1.82. The van der Waals surface area contributed by atoms with Crippen LogP contribution in [0.1, 0.15) is 21.5 Å². The molecule has 0 saturated heterocycles. The molecule has 0 aliphatic heterocycles. The first-order chi connectivity index (χ1) is 11.0. The van der Waals surface area contributed by atoms with Gasteiger partial charge >= 0.3 is 18.9 Å². The van der Waals surface area contributed by atoms with Crippen LogP contribution in [0.4, 0.5) is 0 Å². The number of hydrogen-bond donors (Lipinski definition) is 0. The quantitative estimate of drug-likeness (QED) is 0.567. The topological polar surface area (TPSA) is 44.8 Å². The van der Waals surface area contributed by atoms with Crippen LogP contribution in [0.5, 0.6) is 17.2 Å². The Labute approximate surface area is 156 Å². The largest absolute Gasteiger partial charge is 1.00 e. The maximum atomic E-state index is 12.8. The third-order valence-electron chi connectivity index (χ3n) is 3.66. The predicted octanol–water partition coefficient (Wildman–Crippen LogP) is 0.477. The molecule has 0 aliphatic rings. The summed E-state index contributed by atoms with van der Waals surface area (Å²) < 4.78 is 16.1. The molecular formula is C18H21LiO4P+. The van der Waals surface area contributed by atoms with Crippen LogP contribution in [0.15, 0.2) is 30.3 Å². The maximum Gasteiger partial charge on any atom is 1.00 e. The number of benzene rings is 2. The molecule has 122 valence electrons. The Hall–Kier alpha value is -1.46. The summed E-state index contributed by atoms with van der Waals surface area (Å²) in [5.41, 5.74) is 2.80. The van der Waals surface area contributed by atoms with E-state index in [9.17, 15) is 4.79 Å². The SMILES string of the molecule is COc1cc(OC)c(PC(=O)c2c(C)cccc2C)c(OC)c1.[Li+]. The molecule has 0 spiro atoms. The number of methoxy groups -OCH3 is 3. The molecule has 24 heavy (non-hydrogen) atoms. The summed E-state index contributed by atoms with van der Waals surface area (Å²) in [6.07, 6.45) is 0. The molecule has 0 aliphatic carbocycles.